The first-order chi connectivity index (χ1) is 8.49. The lowest BCUT2D eigenvalue weighted by Crippen LogP contribution is -2.06. The molecule has 94 valence electrons. The van der Waals surface area contributed by atoms with E-state index in [0.29, 0.717) is 5.56 Å². The summed E-state index contributed by atoms with van der Waals surface area (Å²) in [7, 11) is 0. The molecular weight excluding hydrogens is 234 g/mol. The summed E-state index contributed by atoms with van der Waals surface area (Å²) in [5, 5.41) is 10.1. The van der Waals surface area contributed by atoms with Gasteiger partial charge in [0.25, 0.3) is 0 Å². The lowest BCUT2D eigenvalue weighted by atomic mass is 9.97. The van der Waals surface area contributed by atoms with E-state index in [0.717, 1.165) is 23.3 Å². The molecule has 1 unspecified atom stereocenters. The van der Waals surface area contributed by atoms with Crippen molar-refractivity contribution in [2.75, 3.05) is 0 Å². The first-order valence-corrected chi connectivity index (χ1v) is 5.69. The fourth-order valence-electron chi connectivity index (χ4n) is 2.11. The normalized spacial score (nSPS) is 12.5. The van der Waals surface area contributed by atoms with Crippen LogP contribution in [0.5, 0.6) is 0 Å². The van der Waals surface area contributed by atoms with Crippen molar-refractivity contribution in [3.63, 3.8) is 0 Å². The van der Waals surface area contributed by atoms with Gasteiger partial charge in [-0.2, -0.15) is 0 Å². The molecule has 0 radical (unpaired) electrons. The molecule has 1 nitrogen and oxygen atoms in total. The van der Waals surface area contributed by atoms with E-state index in [4.69, 9.17) is 0 Å². The van der Waals surface area contributed by atoms with Gasteiger partial charge in [-0.3, -0.25) is 0 Å². The zero-order valence-corrected chi connectivity index (χ0v) is 10.2. The van der Waals surface area contributed by atoms with E-state index in [2.05, 4.69) is 0 Å². The SMILES string of the molecule is Cc1cc(C)cc(C(O)c2c(F)cccc2F)c1. The van der Waals surface area contributed by atoms with E-state index in [1.165, 1.54) is 6.07 Å². The summed E-state index contributed by atoms with van der Waals surface area (Å²) >= 11 is 0. The van der Waals surface area contributed by atoms with Gasteiger partial charge in [0, 0.05) is 0 Å². The van der Waals surface area contributed by atoms with Crippen LogP contribution < -0.4 is 0 Å². The number of halogens is 2. The molecule has 1 atom stereocenters. The number of hydrogen-bond acceptors (Lipinski definition) is 1. The van der Waals surface area contributed by atoms with Crippen molar-refractivity contribution in [2.45, 2.75) is 20.0 Å². The molecule has 0 aliphatic carbocycles. The summed E-state index contributed by atoms with van der Waals surface area (Å²) in [6.45, 7) is 3.75. The van der Waals surface area contributed by atoms with Gasteiger partial charge in [0.1, 0.15) is 17.7 Å². The van der Waals surface area contributed by atoms with E-state index in [9.17, 15) is 13.9 Å². The van der Waals surface area contributed by atoms with Gasteiger partial charge in [0.2, 0.25) is 0 Å². The Bertz CT molecular complexity index is 538. The molecule has 0 saturated heterocycles. The van der Waals surface area contributed by atoms with Crippen LogP contribution in [-0.4, -0.2) is 5.11 Å². The van der Waals surface area contributed by atoms with Gasteiger partial charge in [0.15, 0.2) is 0 Å². The average Bonchev–Trinajstić information content (AvgIpc) is 2.27. The van der Waals surface area contributed by atoms with Crippen LogP contribution in [0.3, 0.4) is 0 Å². The first kappa shape index (κ1) is 12.7. The fourth-order valence-corrected chi connectivity index (χ4v) is 2.11. The van der Waals surface area contributed by atoms with Crippen molar-refractivity contribution in [3.05, 3.63) is 70.3 Å². The predicted molar refractivity (Wildman–Crippen MR) is 66.3 cm³/mol. The molecule has 2 rings (SSSR count). The molecule has 0 amide bonds. The van der Waals surface area contributed by atoms with Crippen LogP contribution in [-0.2, 0) is 0 Å². The number of aliphatic hydroxyl groups excluding tert-OH is 1. The van der Waals surface area contributed by atoms with Crippen molar-refractivity contribution in [1.29, 1.82) is 0 Å². The molecule has 0 spiro atoms. The smallest absolute Gasteiger partial charge is 0.132 e. The van der Waals surface area contributed by atoms with Crippen LogP contribution in [0.15, 0.2) is 36.4 Å². The zero-order valence-electron chi connectivity index (χ0n) is 10.2. The van der Waals surface area contributed by atoms with Gasteiger partial charge in [-0.05, 0) is 31.5 Å². The van der Waals surface area contributed by atoms with Crippen molar-refractivity contribution >= 4 is 0 Å². The lowest BCUT2D eigenvalue weighted by molar-refractivity contribution is 0.209. The third-order valence-electron chi connectivity index (χ3n) is 2.83. The van der Waals surface area contributed by atoms with Gasteiger partial charge in [0.05, 0.1) is 5.56 Å². The standard InChI is InChI=1S/C15H14F2O/c1-9-6-10(2)8-11(7-9)15(18)14-12(16)4-3-5-13(14)17/h3-8,15,18H,1-2H3. The molecule has 0 aliphatic heterocycles. The molecular formula is C15H14F2O. The number of hydrogen-bond donors (Lipinski definition) is 1. The number of benzene rings is 2. The van der Waals surface area contributed by atoms with E-state index in [1.807, 2.05) is 19.9 Å². The van der Waals surface area contributed by atoms with Crippen molar-refractivity contribution in [2.24, 2.45) is 0 Å². The van der Waals surface area contributed by atoms with E-state index in [1.54, 1.807) is 12.1 Å². The van der Waals surface area contributed by atoms with Crippen LogP contribution in [0, 0.1) is 25.5 Å². The highest BCUT2D eigenvalue weighted by Crippen LogP contribution is 2.27. The molecule has 2 aromatic carbocycles. The van der Waals surface area contributed by atoms with Gasteiger partial charge in [-0.25, -0.2) is 8.78 Å². The van der Waals surface area contributed by atoms with Crippen molar-refractivity contribution < 1.29 is 13.9 Å². The molecule has 0 bridgehead atoms. The molecule has 18 heavy (non-hydrogen) atoms. The monoisotopic (exact) mass is 248 g/mol. The summed E-state index contributed by atoms with van der Waals surface area (Å²) in [5.74, 6) is -1.47. The van der Waals surface area contributed by atoms with Gasteiger partial charge in [-0.15, -0.1) is 0 Å². The maximum atomic E-state index is 13.6. The second kappa shape index (κ2) is 4.86. The van der Waals surface area contributed by atoms with Crippen LogP contribution >= 0.6 is 0 Å². The molecule has 0 heterocycles. The summed E-state index contributed by atoms with van der Waals surface area (Å²) < 4.78 is 27.2. The molecule has 0 saturated carbocycles. The Hall–Kier alpha value is -1.74. The molecule has 0 aliphatic rings. The van der Waals surface area contributed by atoms with E-state index in [-0.39, 0.29) is 5.56 Å². The fraction of sp³-hybridized carbons (Fsp3) is 0.200. The minimum Gasteiger partial charge on any atom is -0.383 e. The second-order valence-corrected chi connectivity index (χ2v) is 4.46. The van der Waals surface area contributed by atoms with Gasteiger partial charge in [-0.1, -0.05) is 35.4 Å². The highest BCUT2D eigenvalue weighted by Gasteiger charge is 2.19. The van der Waals surface area contributed by atoms with Crippen LogP contribution in [0.25, 0.3) is 0 Å². The molecule has 0 aromatic heterocycles. The minimum absolute atomic E-state index is 0.303. The summed E-state index contributed by atoms with van der Waals surface area (Å²) in [4.78, 5) is 0. The maximum Gasteiger partial charge on any atom is 0.132 e. The Morgan fingerprint density at radius 1 is 0.944 bits per heavy atom. The highest BCUT2D eigenvalue weighted by molar-refractivity contribution is 5.36. The van der Waals surface area contributed by atoms with Gasteiger partial charge < -0.3 is 5.11 Å². The third-order valence-corrected chi connectivity index (χ3v) is 2.83. The van der Waals surface area contributed by atoms with E-state index >= 15 is 0 Å². The predicted octanol–water partition coefficient (Wildman–Crippen LogP) is 3.66. The van der Waals surface area contributed by atoms with Crippen LogP contribution in [0.1, 0.15) is 28.4 Å². The Morgan fingerprint density at radius 3 is 1.94 bits per heavy atom. The van der Waals surface area contributed by atoms with Crippen LogP contribution in [0.4, 0.5) is 8.78 Å². The molecule has 0 fully saturated rings. The largest absolute Gasteiger partial charge is 0.383 e. The highest BCUT2D eigenvalue weighted by atomic mass is 19.1. The maximum absolute atomic E-state index is 13.6. The van der Waals surface area contributed by atoms with Crippen molar-refractivity contribution in [1.82, 2.24) is 0 Å². The van der Waals surface area contributed by atoms with Crippen LogP contribution in [0.2, 0.25) is 0 Å². The Labute approximate surface area is 105 Å². The molecule has 2 aromatic rings. The second-order valence-electron chi connectivity index (χ2n) is 4.46. The average molecular weight is 248 g/mol. The quantitative estimate of drug-likeness (QED) is 0.859. The molecule has 3 heteroatoms. The minimum atomic E-state index is -1.29. The summed E-state index contributed by atoms with van der Waals surface area (Å²) in [6, 6.07) is 8.96. The first-order valence-electron chi connectivity index (χ1n) is 5.69. The Morgan fingerprint density at radius 2 is 1.44 bits per heavy atom. The third kappa shape index (κ3) is 2.41. The Kier molecular flexibility index (Phi) is 3.43. The summed E-state index contributed by atoms with van der Waals surface area (Å²) in [5.41, 5.74) is 2.08. The Balaban J connectivity index is 2.51. The van der Waals surface area contributed by atoms with E-state index < -0.39 is 17.7 Å². The van der Waals surface area contributed by atoms with Gasteiger partial charge >= 0.3 is 0 Å². The topological polar surface area (TPSA) is 20.2 Å². The number of aliphatic hydroxyl groups is 1. The van der Waals surface area contributed by atoms with Crippen molar-refractivity contribution in [3.8, 4) is 0 Å². The zero-order chi connectivity index (χ0) is 13.3. The summed E-state index contributed by atoms with van der Waals surface area (Å²) in [6.07, 6.45) is -1.29. The molecule has 1 N–H and O–H groups in total. The number of rotatable bonds is 2. The number of aryl methyl sites for hydroxylation is 2. The lowest BCUT2D eigenvalue weighted by Gasteiger charge is -2.14.